The van der Waals surface area contributed by atoms with Crippen LogP contribution in [0.1, 0.15) is 67.4 Å². The SMILES string of the molecule is C[C@@H]1C/C=C/[C@@H](O)[C@@]2(C)CC[C@@H]2CN2C[C@@]3(CCCc4cc(Cl)ccc43)COc3ccc(cc32)C(=O)NS1(=O)=O. The van der Waals surface area contributed by atoms with Gasteiger partial charge in [-0.3, -0.25) is 4.79 Å². The van der Waals surface area contributed by atoms with Gasteiger partial charge in [0.2, 0.25) is 10.0 Å². The van der Waals surface area contributed by atoms with Crippen LogP contribution in [0.3, 0.4) is 0 Å². The van der Waals surface area contributed by atoms with Crippen LogP contribution in [0.25, 0.3) is 0 Å². The van der Waals surface area contributed by atoms with Crippen molar-refractivity contribution in [2.75, 3.05) is 24.6 Å². The van der Waals surface area contributed by atoms with Gasteiger partial charge >= 0.3 is 0 Å². The summed E-state index contributed by atoms with van der Waals surface area (Å²) in [6, 6.07) is 11.3. The molecule has 9 heteroatoms. The van der Waals surface area contributed by atoms with Crippen molar-refractivity contribution in [1.29, 1.82) is 0 Å². The smallest absolute Gasteiger partial charge is 0.264 e. The van der Waals surface area contributed by atoms with Gasteiger partial charge in [-0.15, -0.1) is 0 Å². The minimum absolute atomic E-state index is 0.205. The van der Waals surface area contributed by atoms with Crippen molar-refractivity contribution < 1.29 is 23.1 Å². The Bertz CT molecular complexity index is 1480. The van der Waals surface area contributed by atoms with Crippen LogP contribution in [0, 0.1) is 11.3 Å². The van der Waals surface area contributed by atoms with E-state index in [0.717, 1.165) is 42.8 Å². The maximum Gasteiger partial charge on any atom is 0.264 e. The standard InChI is InChI=1S/C31H37ClN2O5S/c1-20-5-3-7-28(35)30(2)14-12-23(30)17-34-18-31(13-4-6-21-15-24(32)9-10-25(21)31)19-39-27-11-8-22(16-26(27)34)29(36)33-40(20,37)38/h3,7-11,15-16,20,23,28,35H,4-6,12-14,17-19H2,1-2H3,(H,33,36)/b7-3+/t20-,23-,28-,30+,31+/m1/s1. The first-order valence-corrected chi connectivity index (χ1v) is 16.1. The fourth-order valence-corrected chi connectivity index (χ4v) is 8.19. The zero-order chi connectivity index (χ0) is 28.3. The average Bonchev–Trinajstić information content (AvgIpc) is 3.06. The van der Waals surface area contributed by atoms with Gasteiger partial charge in [0.25, 0.3) is 5.91 Å². The first-order chi connectivity index (χ1) is 19.0. The Morgan fingerprint density at radius 3 is 2.77 bits per heavy atom. The van der Waals surface area contributed by atoms with E-state index in [0.29, 0.717) is 25.4 Å². The summed E-state index contributed by atoms with van der Waals surface area (Å²) in [6.07, 6.45) is 7.81. The lowest BCUT2D eigenvalue weighted by Crippen LogP contribution is -2.53. The lowest BCUT2D eigenvalue weighted by atomic mass is 9.58. The summed E-state index contributed by atoms with van der Waals surface area (Å²) in [5, 5.41) is 11.1. The van der Waals surface area contributed by atoms with Crippen LogP contribution < -0.4 is 14.4 Å². The van der Waals surface area contributed by atoms with E-state index in [4.69, 9.17) is 16.3 Å². The molecular formula is C31H37ClN2O5S. The third-order valence-electron chi connectivity index (χ3n) is 9.93. The number of hydrogen-bond acceptors (Lipinski definition) is 6. The lowest BCUT2D eigenvalue weighted by Gasteiger charge is -2.52. The third kappa shape index (κ3) is 4.72. The molecule has 0 saturated heterocycles. The molecule has 2 aliphatic heterocycles. The van der Waals surface area contributed by atoms with Crippen molar-refractivity contribution in [3.05, 3.63) is 70.3 Å². The number of amides is 1. The first-order valence-electron chi connectivity index (χ1n) is 14.2. The number of carbonyl (C=O) groups is 1. The Hall–Kier alpha value is -2.55. The number of aliphatic hydroxyl groups excluding tert-OH is 1. The molecule has 0 radical (unpaired) electrons. The van der Waals surface area contributed by atoms with Crippen LogP contribution in [0.4, 0.5) is 5.69 Å². The molecule has 1 fully saturated rings. The lowest BCUT2D eigenvalue weighted by molar-refractivity contribution is -0.0469. The number of allylic oxidation sites excluding steroid dienone is 1. The van der Waals surface area contributed by atoms with E-state index in [2.05, 4.69) is 28.7 Å². The molecular weight excluding hydrogens is 548 g/mol. The summed E-state index contributed by atoms with van der Waals surface area (Å²) >= 11 is 6.37. The Balaban J connectivity index is 1.46. The second kappa shape index (κ2) is 10.1. The number of anilines is 1. The molecule has 1 amide bonds. The minimum atomic E-state index is -3.91. The van der Waals surface area contributed by atoms with Crippen molar-refractivity contribution in [3.8, 4) is 5.75 Å². The number of fused-ring (bicyclic) bond motifs is 4. The monoisotopic (exact) mass is 584 g/mol. The number of aryl methyl sites for hydroxylation is 1. The molecule has 1 saturated carbocycles. The van der Waals surface area contributed by atoms with E-state index in [1.165, 1.54) is 11.1 Å². The number of nitrogens with zero attached hydrogens (tertiary/aromatic N) is 1. The highest BCUT2D eigenvalue weighted by Gasteiger charge is 2.49. The fraction of sp³-hybridized carbons (Fsp3) is 0.516. The summed E-state index contributed by atoms with van der Waals surface area (Å²) in [6.45, 7) is 5.57. The molecule has 2 aromatic carbocycles. The summed E-state index contributed by atoms with van der Waals surface area (Å²) in [5.74, 6) is 0.238. The van der Waals surface area contributed by atoms with E-state index in [-0.39, 0.29) is 28.7 Å². The van der Waals surface area contributed by atoms with Crippen molar-refractivity contribution in [2.45, 2.75) is 69.1 Å². The minimum Gasteiger partial charge on any atom is -0.490 e. The molecule has 6 rings (SSSR count). The van der Waals surface area contributed by atoms with Crippen molar-refractivity contribution >= 4 is 33.2 Å². The molecule has 7 nitrogen and oxygen atoms in total. The highest BCUT2D eigenvalue weighted by Crippen LogP contribution is 2.52. The largest absolute Gasteiger partial charge is 0.490 e. The first kappa shape index (κ1) is 27.6. The Morgan fingerprint density at radius 2 is 2.00 bits per heavy atom. The topological polar surface area (TPSA) is 95.9 Å². The van der Waals surface area contributed by atoms with Gasteiger partial charge in [0.05, 0.1) is 23.6 Å². The molecule has 5 atom stereocenters. The van der Waals surface area contributed by atoms with Gasteiger partial charge in [0, 0.05) is 34.5 Å². The van der Waals surface area contributed by atoms with Crippen LogP contribution in [0.15, 0.2) is 48.6 Å². The average molecular weight is 585 g/mol. The number of rotatable bonds is 0. The molecule has 1 spiro atoms. The van der Waals surface area contributed by atoms with Gasteiger partial charge in [0.15, 0.2) is 0 Å². The van der Waals surface area contributed by atoms with Gasteiger partial charge in [-0.1, -0.05) is 36.7 Å². The van der Waals surface area contributed by atoms with Gasteiger partial charge in [-0.2, -0.15) is 0 Å². The number of hydrogen-bond donors (Lipinski definition) is 2. The molecule has 2 heterocycles. The highest BCUT2D eigenvalue weighted by molar-refractivity contribution is 7.90. The molecule has 0 aromatic heterocycles. The van der Waals surface area contributed by atoms with Gasteiger partial charge in [-0.25, -0.2) is 13.1 Å². The fourth-order valence-electron chi connectivity index (χ4n) is 7.05. The number of aliphatic hydroxyl groups is 1. The number of benzene rings is 2. The maximum atomic E-state index is 13.2. The van der Waals surface area contributed by atoms with E-state index in [1.807, 2.05) is 6.07 Å². The van der Waals surface area contributed by atoms with Crippen LogP contribution in [-0.2, 0) is 21.9 Å². The summed E-state index contributed by atoms with van der Waals surface area (Å²) in [5.41, 5.74) is 2.97. The van der Waals surface area contributed by atoms with Crippen LogP contribution in [0.2, 0.25) is 5.02 Å². The van der Waals surface area contributed by atoms with Crippen LogP contribution in [0.5, 0.6) is 5.75 Å². The molecule has 2 aromatic rings. The molecule has 4 aliphatic rings. The molecule has 40 heavy (non-hydrogen) atoms. The van der Waals surface area contributed by atoms with Crippen LogP contribution in [-0.4, -0.2) is 50.5 Å². The summed E-state index contributed by atoms with van der Waals surface area (Å²) in [4.78, 5) is 15.5. The second-order valence-electron chi connectivity index (χ2n) is 12.4. The summed E-state index contributed by atoms with van der Waals surface area (Å²) in [7, 11) is -3.91. The maximum absolute atomic E-state index is 13.2. The van der Waals surface area contributed by atoms with E-state index >= 15 is 0 Å². The normalized spacial score (nSPS) is 34.0. The second-order valence-corrected chi connectivity index (χ2v) is 15.0. The van der Waals surface area contributed by atoms with Crippen molar-refractivity contribution in [2.24, 2.45) is 11.3 Å². The van der Waals surface area contributed by atoms with E-state index in [1.54, 1.807) is 37.3 Å². The predicted molar refractivity (Wildman–Crippen MR) is 157 cm³/mol. The van der Waals surface area contributed by atoms with E-state index in [9.17, 15) is 18.3 Å². The zero-order valence-electron chi connectivity index (χ0n) is 23.0. The number of ether oxygens (including phenoxy) is 1. The number of carbonyl (C=O) groups excluding carboxylic acids is 1. The zero-order valence-corrected chi connectivity index (χ0v) is 24.6. The Kier molecular flexibility index (Phi) is 6.95. The number of halogens is 1. The molecule has 2 bridgehead atoms. The highest BCUT2D eigenvalue weighted by atomic mass is 35.5. The number of nitrogens with one attached hydrogen (secondary N) is 1. The summed E-state index contributed by atoms with van der Waals surface area (Å²) < 4.78 is 34.7. The molecule has 2 aliphatic carbocycles. The Labute approximate surface area is 241 Å². The van der Waals surface area contributed by atoms with E-state index < -0.39 is 27.3 Å². The van der Waals surface area contributed by atoms with Crippen molar-refractivity contribution in [1.82, 2.24) is 4.72 Å². The molecule has 214 valence electrons. The van der Waals surface area contributed by atoms with Gasteiger partial charge in [0.1, 0.15) is 5.75 Å². The number of sulfonamides is 1. The Morgan fingerprint density at radius 1 is 1.18 bits per heavy atom. The quantitative estimate of drug-likeness (QED) is 0.423. The van der Waals surface area contributed by atoms with Crippen molar-refractivity contribution in [3.63, 3.8) is 0 Å². The molecule has 2 N–H and O–H groups in total. The third-order valence-corrected chi connectivity index (χ3v) is 11.9. The predicted octanol–water partition coefficient (Wildman–Crippen LogP) is 5.00. The molecule has 0 unspecified atom stereocenters. The van der Waals surface area contributed by atoms with Gasteiger partial charge < -0.3 is 14.7 Å². The van der Waals surface area contributed by atoms with Gasteiger partial charge in [-0.05, 0) is 92.8 Å². The van der Waals surface area contributed by atoms with Crippen LogP contribution >= 0.6 is 11.6 Å².